The number of aromatic nitrogens is 1. The molecule has 1 aromatic heterocycles. The van der Waals surface area contributed by atoms with Crippen LogP contribution in [0.5, 0.6) is 0 Å². The number of halogens is 1. The second-order valence-electron chi connectivity index (χ2n) is 2.53. The van der Waals surface area contributed by atoms with Gasteiger partial charge in [-0.2, -0.15) is 5.26 Å². The number of nitrogens with zero attached hydrogens (tertiary/aromatic N) is 2. The summed E-state index contributed by atoms with van der Waals surface area (Å²) in [7, 11) is 1.61. The SMILES string of the molecule is COC/C=C/c1ccnc(C#N)c1Cl. The molecule has 0 saturated carbocycles. The Labute approximate surface area is 87.6 Å². The van der Waals surface area contributed by atoms with Crippen LogP contribution >= 0.6 is 11.6 Å². The summed E-state index contributed by atoms with van der Waals surface area (Å²) in [5.41, 5.74) is 1.02. The zero-order valence-corrected chi connectivity index (χ0v) is 8.45. The standard InChI is InChI=1S/C10H9ClN2O/c1-14-6-2-3-8-4-5-13-9(7-12)10(8)11/h2-5H,6H2,1H3/b3-2+. The minimum atomic E-state index is 0.242. The summed E-state index contributed by atoms with van der Waals surface area (Å²) < 4.78 is 4.85. The summed E-state index contributed by atoms with van der Waals surface area (Å²) in [5, 5.41) is 9.05. The summed E-state index contributed by atoms with van der Waals surface area (Å²) in [6, 6.07) is 3.66. The zero-order valence-electron chi connectivity index (χ0n) is 7.70. The Bertz CT molecular complexity index is 382. The third kappa shape index (κ3) is 2.56. The normalized spacial score (nSPS) is 10.4. The Morgan fingerprint density at radius 1 is 1.71 bits per heavy atom. The van der Waals surface area contributed by atoms with E-state index in [1.54, 1.807) is 25.4 Å². The van der Waals surface area contributed by atoms with Crippen molar-refractivity contribution in [1.82, 2.24) is 4.98 Å². The summed E-state index contributed by atoms with van der Waals surface area (Å²) in [6.45, 7) is 0.514. The number of hydrogen-bond donors (Lipinski definition) is 0. The van der Waals surface area contributed by atoms with Gasteiger partial charge in [-0.05, 0) is 11.6 Å². The molecule has 1 aromatic rings. The van der Waals surface area contributed by atoms with Crippen LogP contribution in [-0.4, -0.2) is 18.7 Å². The first-order chi connectivity index (χ1) is 6.79. The van der Waals surface area contributed by atoms with Gasteiger partial charge < -0.3 is 4.74 Å². The van der Waals surface area contributed by atoms with E-state index in [1.807, 2.05) is 12.1 Å². The Hall–Kier alpha value is -1.37. The smallest absolute Gasteiger partial charge is 0.159 e. The summed E-state index contributed by atoms with van der Waals surface area (Å²) >= 11 is 5.91. The van der Waals surface area contributed by atoms with Gasteiger partial charge in [0, 0.05) is 13.3 Å². The van der Waals surface area contributed by atoms with Crippen molar-refractivity contribution >= 4 is 17.7 Å². The van der Waals surface area contributed by atoms with Gasteiger partial charge in [-0.3, -0.25) is 0 Å². The molecular formula is C10H9ClN2O. The molecule has 0 saturated heterocycles. The van der Waals surface area contributed by atoms with Gasteiger partial charge in [-0.15, -0.1) is 0 Å². The van der Waals surface area contributed by atoms with E-state index >= 15 is 0 Å². The largest absolute Gasteiger partial charge is 0.381 e. The van der Waals surface area contributed by atoms with E-state index in [0.29, 0.717) is 11.6 Å². The maximum absolute atomic E-state index is 8.67. The topological polar surface area (TPSA) is 45.9 Å². The first-order valence-corrected chi connectivity index (χ1v) is 4.37. The molecule has 3 nitrogen and oxygen atoms in total. The Morgan fingerprint density at radius 2 is 2.50 bits per heavy atom. The van der Waals surface area contributed by atoms with Gasteiger partial charge in [0.15, 0.2) is 5.69 Å². The maximum Gasteiger partial charge on any atom is 0.159 e. The van der Waals surface area contributed by atoms with E-state index in [1.165, 1.54) is 0 Å². The molecule has 0 aliphatic carbocycles. The molecule has 14 heavy (non-hydrogen) atoms. The Balaban J connectivity index is 2.94. The third-order valence-electron chi connectivity index (χ3n) is 1.59. The number of pyridine rings is 1. The monoisotopic (exact) mass is 208 g/mol. The van der Waals surface area contributed by atoms with E-state index in [4.69, 9.17) is 21.6 Å². The lowest BCUT2D eigenvalue weighted by molar-refractivity contribution is 0.234. The first kappa shape index (κ1) is 10.7. The average molecular weight is 209 g/mol. The van der Waals surface area contributed by atoms with Crippen LogP contribution in [0.1, 0.15) is 11.3 Å². The van der Waals surface area contributed by atoms with Crippen LogP contribution in [0.3, 0.4) is 0 Å². The molecule has 0 amide bonds. The van der Waals surface area contributed by atoms with Crippen molar-refractivity contribution < 1.29 is 4.74 Å². The van der Waals surface area contributed by atoms with E-state index in [2.05, 4.69) is 4.98 Å². The van der Waals surface area contributed by atoms with E-state index in [-0.39, 0.29) is 5.69 Å². The molecular weight excluding hydrogens is 200 g/mol. The quantitative estimate of drug-likeness (QED) is 0.766. The average Bonchev–Trinajstić information content (AvgIpc) is 2.21. The Morgan fingerprint density at radius 3 is 3.14 bits per heavy atom. The van der Waals surface area contributed by atoms with Crippen LogP contribution in [0.25, 0.3) is 6.08 Å². The van der Waals surface area contributed by atoms with Crippen LogP contribution in [0.15, 0.2) is 18.3 Å². The predicted octanol–water partition coefficient (Wildman–Crippen LogP) is 2.27. The number of nitriles is 1. The highest BCUT2D eigenvalue weighted by Gasteiger charge is 2.03. The fraction of sp³-hybridized carbons (Fsp3) is 0.200. The molecule has 0 N–H and O–H groups in total. The van der Waals surface area contributed by atoms with Crippen molar-refractivity contribution in [2.45, 2.75) is 0 Å². The van der Waals surface area contributed by atoms with Crippen molar-refractivity contribution in [3.05, 3.63) is 34.6 Å². The van der Waals surface area contributed by atoms with Gasteiger partial charge >= 0.3 is 0 Å². The molecule has 4 heteroatoms. The molecule has 0 aromatic carbocycles. The molecule has 0 bridgehead atoms. The second-order valence-corrected chi connectivity index (χ2v) is 2.91. The minimum Gasteiger partial charge on any atom is -0.381 e. The lowest BCUT2D eigenvalue weighted by Crippen LogP contribution is -1.87. The minimum absolute atomic E-state index is 0.242. The first-order valence-electron chi connectivity index (χ1n) is 3.99. The van der Waals surface area contributed by atoms with Gasteiger partial charge in [0.05, 0.1) is 11.6 Å². The summed E-state index contributed by atoms with van der Waals surface area (Å²) in [4.78, 5) is 3.83. The number of rotatable bonds is 3. The number of methoxy groups -OCH3 is 1. The molecule has 0 aliphatic rings. The summed E-state index contributed by atoms with van der Waals surface area (Å²) in [6.07, 6.45) is 5.17. The number of ether oxygens (including phenoxy) is 1. The molecule has 0 radical (unpaired) electrons. The van der Waals surface area contributed by atoms with E-state index < -0.39 is 0 Å². The summed E-state index contributed by atoms with van der Waals surface area (Å²) in [5.74, 6) is 0. The fourth-order valence-electron chi connectivity index (χ4n) is 0.937. The molecule has 0 atom stereocenters. The zero-order chi connectivity index (χ0) is 10.4. The maximum atomic E-state index is 8.67. The molecule has 0 aliphatic heterocycles. The van der Waals surface area contributed by atoms with Crippen LogP contribution in [-0.2, 0) is 4.74 Å². The van der Waals surface area contributed by atoms with Crippen molar-refractivity contribution in [2.24, 2.45) is 0 Å². The highest BCUT2D eigenvalue weighted by atomic mass is 35.5. The second kappa shape index (κ2) is 5.38. The molecule has 0 unspecified atom stereocenters. The number of hydrogen-bond acceptors (Lipinski definition) is 3. The fourth-order valence-corrected chi connectivity index (χ4v) is 1.15. The highest BCUT2D eigenvalue weighted by molar-refractivity contribution is 6.33. The van der Waals surface area contributed by atoms with Crippen LogP contribution in [0.2, 0.25) is 5.02 Å². The van der Waals surface area contributed by atoms with Crippen LogP contribution in [0.4, 0.5) is 0 Å². The third-order valence-corrected chi connectivity index (χ3v) is 1.98. The van der Waals surface area contributed by atoms with Crippen LogP contribution < -0.4 is 0 Å². The van der Waals surface area contributed by atoms with Gasteiger partial charge in [0.2, 0.25) is 0 Å². The van der Waals surface area contributed by atoms with Gasteiger partial charge in [-0.25, -0.2) is 4.98 Å². The Kier molecular flexibility index (Phi) is 4.11. The van der Waals surface area contributed by atoms with Crippen molar-refractivity contribution in [3.63, 3.8) is 0 Å². The van der Waals surface area contributed by atoms with Crippen molar-refractivity contribution in [1.29, 1.82) is 5.26 Å². The van der Waals surface area contributed by atoms with Gasteiger partial charge in [-0.1, -0.05) is 23.8 Å². The highest BCUT2D eigenvalue weighted by Crippen LogP contribution is 2.19. The molecule has 1 heterocycles. The predicted molar refractivity (Wildman–Crippen MR) is 54.9 cm³/mol. The molecule has 72 valence electrons. The molecule has 0 fully saturated rings. The van der Waals surface area contributed by atoms with E-state index in [0.717, 1.165) is 5.56 Å². The van der Waals surface area contributed by atoms with Gasteiger partial charge in [0.1, 0.15) is 6.07 Å². The van der Waals surface area contributed by atoms with E-state index in [9.17, 15) is 0 Å². The lowest BCUT2D eigenvalue weighted by Gasteiger charge is -1.98. The van der Waals surface area contributed by atoms with Crippen LogP contribution in [0, 0.1) is 11.3 Å². The molecule has 1 rings (SSSR count). The lowest BCUT2D eigenvalue weighted by atomic mass is 10.2. The van der Waals surface area contributed by atoms with Crippen molar-refractivity contribution in [3.8, 4) is 6.07 Å². The van der Waals surface area contributed by atoms with Crippen molar-refractivity contribution in [2.75, 3.05) is 13.7 Å². The van der Waals surface area contributed by atoms with Gasteiger partial charge in [0.25, 0.3) is 0 Å². The molecule has 0 spiro atoms.